The fourth-order valence-electron chi connectivity index (χ4n) is 3.33. The van der Waals surface area contributed by atoms with Gasteiger partial charge in [0, 0.05) is 23.6 Å². The molecule has 8 nitrogen and oxygen atoms in total. The fourth-order valence-corrected chi connectivity index (χ4v) is 3.89. The molecule has 1 aliphatic heterocycles. The van der Waals surface area contributed by atoms with E-state index in [0.717, 1.165) is 17.4 Å². The van der Waals surface area contributed by atoms with Crippen molar-refractivity contribution < 1.29 is 27.4 Å². The summed E-state index contributed by atoms with van der Waals surface area (Å²) in [4.78, 5) is 12.4. The van der Waals surface area contributed by atoms with Crippen LogP contribution in [0, 0.1) is 0 Å². The molecule has 0 aromatic heterocycles. The molecule has 1 heterocycles. The molecule has 1 aliphatic rings. The van der Waals surface area contributed by atoms with E-state index < -0.39 is 10.0 Å². The number of sulfonamides is 1. The van der Waals surface area contributed by atoms with Crippen molar-refractivity contribution >= 4 is 27.3 Å². The highest BCUT2D eigenvalue weighted by molar-refractivity contribution is 7.92. The van der Waals surface area contributed by atoms with Crippen molar-refractivity contribution in [2.45, 2.75) is 12.3 Å². The number of anilines is 2. The Morgan fingerprint density at radius 1 is 1.00 bits per heavy atom. The Labute approximate surface area is 163 Å². The summed E-state index contributed by atoms with van der Waals surface area (Å²) >= 11 is 0. The molecule has 150 valence electrons. The molecule has 0 aliphatic carbocycles. The number of nitrogens with one attached hydrogen (secondary N) is 2. The van der Waals surface area contributed by atoms with Crippen LogP contribution >= 0.6 is 0 Å². The predicted molar refractivity (Wildman–Crippen MR) is 106 cm³/mol. The van der Waals surface area contributed by atoms with E-state index in [2.05, 4.69) is 10.0 Å². The Morgan fingerprint density at radius 2 is 1.71 bits per heavy atom. The molecule has 1 atom stereocenters. The lowest BCUT2D eigenvalue weighted by atomic mass is 9.84. The second-order valence-corrected chi connectivity index (χ2v) is 8.18. The molecule has 2 aromatic rings. The topological polar surface area (TPSA) is 103 Å². The van der Waals surface area contributed by atoms with Crippen molar-refractivity contribution in [2.75, 3.05) is 37.6 Å². The molecule has 0 radical (unpaired) electrons. The zero-order chi connectivity index (χ0) is 20.5. The van der Waals surface area contributed by atoms with Crippen molar-refractivity contribution in [1.82, 2.24) is 0 Å². The van der Waals surface area contributed by atoms with Gasteiger partial charge < -0.3 is 19.5 Å². The molecule has 1 unspecified atom stereocenters. The summed E-state index contributed by atoms with van der Waals surface area (Å²) < 4.78 is 41.9. The third-order valence-electron chi connectivity index (χ3n) is 4.52. The van der Waals surface area contributed by atoms with Crippen LogP contribution in [-0.2, 0) is 14.8 Å². The minimum atomic E-state index is -3.51. The minimum absolute atomic E-state index is 0.183. The smallest absolute Gasteiger partial charge is 0.229 e. The lowest BCUT2D eigenvalue weighted by Gasteiger charge is -2.28. The normalized spacial score (nSPS) is 16.0. The van der Waals surface area contributed by atoms with Crippen molar-refractivity contribution in [3.05, 3.63) is 41.5 Å². The minimum Gasteiger partial charge on any atom is -0.497 e. The number of rotatable bonds is 6. The average Bonchev–Trinajstić information content (AvgIpc) is 2.65. The lowest BCUT2D eigenvalue weighted by Crippen LogP contribution is -2.24. The van der Waals surface area contributed by atoms with Crippen LogP contribution in [-0.4, -0.2) is 41.9 Å². The van der Waals surface area contributed by atoms with Gasteiger partial charge in [-0.1, -0.05) is 0 Å². The summed E-state index contributed by atoms with van der Waals surface area (Å²) in [6.45, 7) is 0. The quantitative estimate of drug-likeness (QED) is 0.764. The molecule has 0 fully saturated rings. The zero-order valence-electron chi connectivity index (χ0n) is 16.0. The van der Waals surface area contributed by atoms with Crippen LogP contribution in [0.4, 0.5) is 11.4 Å². The van der Waals surface area contributed by atoms with E-state index in [1.54, 1.807) is 38.5 Å². The second-order valence-electron chi connectivity index (χ2n) is 6.43. The maximum absolute atomic E-state index is 12.4. The number of hydrogen-bond donors (Lipinski definition) is 2. The Balaban J connectivity index is 2.17. The summed E-state index contributed by atoms with van der Waals surface area (Å²) in [7, 11) is 1.07. The first-order chi connectivity index (χ1) is 13.3. The second kappa shape index (κ2) is 7.59. The molecular formula is C19H22N2O6S. The largest absolute Gasteiger partial charge is 0.497 e. The first kappa shape index (κ1) is 19.8. The van der Waals surface area contributed by atoms with E-state index >= 15 is 0 Å². The number of carbonyl (C=O) groups is 1. The number of amides is 1. The number of ether oxygens (including phenoxy) is 3. The number of fused-ring (bicyclic) bond motifs is 1. The number of hydrogen-bond acceptors (Lipinski definition) is 6. The maximum atomic E-state index is 12.4. The first-order valence-corrected chi connectivity index (χ1v) is 10.4. The summed E-state index contributed by atoms with van der Waals surface area (Å²) in [5, 5.41) is 2.80. The van der Waals surface area contributed by atoms with Crippen molar-refractivity contribution in [3.63, 3.8) is 0 Å². The van der Waals surface area contributed by atoms with Crippen molar-refractivity contribution in [3.8, 4) is 17.2 Å². The van der Waals surface area contributed by atoms with Crippen LogP contribution in [0.5, 0.6) is 17.2 Å². The van der Waals surface area contributed by atoms with Gasteiger partial charge in [-0.2, -0.15) is 0 Å². The van der Waals surface area contributed by atoms with E-state index in [-0.39, 0.29) is 23.9 Å². The number of benzene rings is 2. The van der Waals surface area contributed by atoms with Gasteiger partial charge in [-0.25, -0.2) is 8.42 Å². The van der Waals surface area contributed by atoms with E-state index in [9.17, 15) is 13.2 Å². The first-order valence-electron chi connectivity index (χ1n) is 8.47. The van der Waals surface area contributed by atoms with E-state index in [1.807, 2.05) is 6.07 Å². The van der Waals surface area contributed by atoms with Gasteiger partial charge in [0.05, 0.1) is 33.3 Å². The molecule has 2 aromatic carbocycles. The molecule has 9 heteroatoms. The summed E-state index contributed by atoms with van der Waals surface area (Å²) in [6, 6.07) is 8.70. The molecular weight excluding hydrogens is 384 g/mol. The Morgan fingerprint density at radius 3 is 2.32 bits per heavy atom. The Kier molecular flexibility index (Phi) is 5.37. The summed E-state index contributed by atoms with van der Waals surface area (Å²) in [5.74, 6) is 1.13. The highest BCUT2D eigenvalue weighted by Crippen LogP contribution is 2.45. The molecule has 28 heavy (non-hydrogen) atoms. The molecule has 0 spiro atoms. The van der Waals surface area contributed by atoms with Gasteiger partial charge in [0.25, 0.3) is 0 Å². The fraction of sp³-hybridized carbons (Fsp3) is 0.316. The highest BCUT2D eigenvalue weighted by Gasteiger charge is 2.30. The van der Waals surface area contributed by atoms with Crippen molar-refractivity contribution in [2.24, 2.45) is 0 Å². The summed E-state index contributed by atoms with van der Waals surface area (Å²) in [6.07, 6.45) is 1.26. The van der Waals surface area contributed by atoms with Gasteiger partial charge in [0.2, 0.25) is 15.9 Å². The SMILES string of the molecule is COc1ccc(OC)c(C2CC(=O)Nc3cc(NS(C)(=O)=O)c(OC)cc32)c1. The molecule has 2 N–H and O–H groups in total. The molecule has 0 saturated carbocycles. The van der Waals surface area contributed by atoms with Crippen LogP contribution in [0.15, 0.2) is 30.3 Å². The van der Waals surface area contributed by atoms with E-state index in [1.165, 1.54) is 7.11 Å². The van der Waals surface area contributed by atoms with Gasteiger partial charge in [-0.05, 0) is 35.9 Å². The van der Waals surface area contributed by atoms with Crippen LogP contribution in [0.3, 0.4) is 0 Å². The molecule has 1 amide bonds. The molecule has 0 bridgehead atoms. The third-order valence-corrected chi connectivity index (χ3v) is 5.11. The predicted octanol–water partition coefficient (Wildman–Crippen LogP) is 2.56. The van der Waals surface area contributed by atoms with Crippen LogP contribution < -0.4 is 24.2 Å². The third kappa shape index (κ3) is 3.99. The standard InChI is InChI=1S/C19H22N2O6S/c1-25-11-5-6-17(26-2)14(7-11)12-9-19(22)20-15-10-16(21-28(4,23)24)18(27-3)8-13(12)15/h5-8,10,12,21H,9H2,1-4H3,(H,20,22). The highest BCUT2D eigenvalue weighted by atomic mass is 32.2. The molecule has 3 rings (SSSR count). The number of carbonyl (C=O) groups excluding carboxylic acids is 1. The Bertz CT molecular complexity index is 1020. The van der Waals surface area contributed by atoms with Crippen molar-refractivity contribution in [1.29, 1.82) is 0 Å². The van der Waals surface area contributed by atoms with Crippen LogP contribution in [0.1, 0.15) is 23.5 Å². The average molecular weight is 406 g/mol. The lowest BCUT2D eigenvalue weighted by molar-refractivity contribution is -0.116. The van der Waals surface area contributed by atoms with Crippen LogP contribution in [0.2, 0.25) is 0 Å². The van der Waals surface area contributed by atoms with E-state index in [4.69, 9.17) is 14.2 Å². The molecule has 0 saturated heterocycles. The maximum Gasteiger partial charge on any atom is 0.229 e. The zero-order valence-corrected chi connectivity index (χ0v) is 16.8. The van der Waals surface area contributed by atoms with Gasteiger partial charge in [0.1, 0.15) is 17.2 Å². The van der Waals surface area contributed by atoms with Gasteiger partial charge in [-0.3, -0.25) is 9.52 Å². The van der Waals surface area contributed by atoms with Gasteiger partial charge in [0.15, 0.2) is 0 Å². The van der Waals surface area contributed by atoms with Crippen LogP contribution in [0.25, 0.3) is 0 Å². The van der Waals surface area contributed by atoms with Gasteiger partial charge >= 0.3 is 0 Å². The monoisotopic (exact) mass is 406 g/mol. The summed E-state index contributed by atoms with van der Waals surface area (Å²) in [5.41, 5.74) is 2.35. The number of methoxy groups -OCH3 is 3. The van der Waals surface area contributed by atoms with Gasteiger partial charge in [-0.15, -0.1) is 0 Å². The Hall–Kier alpha value is -2.94. The van der Waals surface area contributed by atoms with E-state index in [0.29, 0.717) is 22.9 Å².